The van der Waals surface area contributed by atoms with Gasteiger partial charge in [-0.1, -0.05) is 0 Å². The standard InChI is InChI=1S/C21H27F3N4O2/c22-21(23,24)17-11-16(14-25)12-19(13-17)28-9-7-27(8-10-28)6-5-15-1-3-18(4-2-15)26-20(29)30/h11-13,15,18,26H,1-10H2,(H,29,30). The highest BCUT2D eigenvalue weighted by Crippen LogP contribution is 2.33. The predicted octanol–water partition coefficient (Wildman–Crippen LogP) is 3.92. The highest BCUT2D eigenvalue weighted by Gasteiger charge is 2.32. The molecule has 0 radical (unpaired) electrons. The Morgan fingerprint density at radius 1 is 1.13 bits per heavy atom. The van der Waals surface area contributed by atoms with Crippen LogP contribution in [0.1, 0.15) is 43.2 Å². The van der Waals surface area contributed by atoms with E-state index in [1.807, 2.05) is 11.0 Å². The van der Waals surface area contributed by atoms with Gasteiger partial charge in [-0.2, -0.15) is 18.4 Å². The molecule has 1 heterocycles. The van der Waals surface area contributed by atoms with Gasteiger partial charge in [0.15, 0.2) is 0 Å². The Bertz CT molecular complexity index is 777. The van der Waals surface area contributed by atoms with Gasteiger partial charge in [0.1, 0.15) is 0 Å². The Kier molecular flexibility index (Phi) is 7.08. The van der Waals surface area contributed by atoms with Gasteiger partial charge in [0.25, 0.3) is 0 Å². The number of anilines is 1. The van der Waals surface area contributed by atoms with Crippen molar-refractivity contribution in [3.8, 4) is 6.07 Å². The minimum absolute atomic E-state index is 0.0234. The first-order valence-corrected chi connectivity index (χ1v) is 10.3. The summed E-state index contributed by atoms with van der Waals surface area (Å²) in [6.45, 7) is 3.74. The number of carbonyl (C=O) groups is 1. The van der Waals surface area contributed by atoms with Gasteiger partial charge in [-0.3, -0.25) is 4.90 Å². The van der Waals surface area contributed by atoms with Gasteiger partial charge >= 0.3 is 12.3 Å². The molecule has 1 aromatic carbocycles. The molecule has 164 valence electrons. The first kappa shape index (κ1) is 22.2. The lowest BCUT2D eigenvalue weighted by Crippen LogP contribution is -2.47. The van der Waals surface area contributed by atoms with Crippen molar-refractivity contribution in [2.45, 2.75) is 44.3 Å². The van der Waals surface area contributed by atoms with Crippen LogP contribution in [0.2, 0.25) is 0 Å². The van der Waals surface area contributed by atoms with Gasteiger partial charge in [-0.25, -0.2) is 4.79 Å². The maximum Gasteiger partial charge on any atom is 0.416 e. The summed E-state index contributed by atoms with van der Waals surface area (Å²) in [5.41, 5.74) is -0.313. The van der Waals surface area contributed by atoms with Crippen LogP contribution in [0.3, 0.4) is 0 Å². The molecule has 1 amide bonds. The van der Waals surface area contributed by atoms with Crippen LogP contribution in [0, 0.1) is 17.2 Å². The molecule has 0 unspecified atom stereocenters. The van der Waals surface area contributed by atoms with Crippen LogP contribution in [0.15, 0.2) is 18.2 Å². The molecular weight excluding hydrogens is 397 g/mol. The second kappa shape index (κ2) is 9.56. The lowest BCUT2D eigenvalue weighted by molar-refractivity contribution is -0.137. The van der Waals surface area contributed by atoms with Crippen molar-refractivity contribution in [3.05, 3.63) is 29.3 Å². The second-order valence-corrected chi connectivity index (χ2v) is 8.16. The van der Waals surface area contributed by atoms with E-state index in [1.165, 1.54) is 6.07 Å². The van der Waals surface area contributed by atoms with Gasteiger partial charge in [0, 0.05) is 37.9 Å². The molecule has 2 N–H and O–H groups in total. The number of alkyl halides is 3. The third kappa shape index (κ3) is 6.02. The Balaban J connectivity index is 1.47. The van der Waals surface area contributed by atoms with Crippen LogP contribution in [0.4, 0.5) is 23.7 Å². The summed E-state index contributed by atoms with van der Waals surface area (Å²) in [7, 11) is 0. The summed E-state index contributed by atoms with van der Waals surface area (Å²) in [5.74, 6) is 0.594. The Labute approximate surface area is 174 Å². The number of nitrogens with one attached hydrogen (secondary N) is 1. The number of amides is 1. The van der Waals surface area contributed by atoms with Crippen molar-refractivity contribution < 1.29 is 23.1 Å². The highest BCUT2D eigenvalue weighted by molar-refractivity contribution is 5.64. The normalized spacial score (nSPS) is 23.1. The third-order valence-electron chi connectivity index (χ3n) is 6.14. The molecule has 1 aliphatic heterocycles. The van der Waals surface area contributed by atoms with Crippen molar-refractivity contribution in [2.24, 2.45) is 5.92 Å². The zero-order valence-corrected chi connectivity index (χ0v) is 16.8. The lowest BCUT2D eigenvalue weighted by atomic mass is 9.84. The van der Waals surface area contributed by atoms with Crippen molar-refractivity contribution in [3.63, 3.8) is 0 Å². The zero-order chi connectivity index (χ0) is 21.7. The number of nitriles is 1. The van der Waals surface area contributed by atoms with Gasteiger partial charge in [0.05, 0.1) is 17.2 Å². The smallest absolute Gasteiger partial charge is 0.416 e. The van der Waals surface area contributed by atoms with E-state index in [4.69, 9.17) is 10.4 Å². The van der Waals surface area contributed by atoms with Crippen molar-refractivity contribution in [1.29, 1.82) is 5.26 Å². The lowest BCUT2D eigenvalue weighted by Gasteiger charge is -2.37. The molecule has 1 saturated carbocycles. The fourth-order valence-electron chi connectivity index (χ4n) is 4.39. The molecule has 2 aliphatic rings. The molecule has 1 aliphatic carbocycles. The number of rotatable bonds is 5. The predicted molar refractivity (Wildman–Crippen MR) is 106 cm³/mol. The van der Waals surface area contributed by atoms with Gasteiger partial charge in [0.2, 0.25) is 0 Å². The van der Waals surface area contributed by atoms with Gasteiger partial charge in [-0.05, 0) is 62.8 Å². The van der Waals surface area contributed by atoms with Crippen LogP contribution in [-0.2, 0) is 6.18 Å². The van der Waals surface area contributed by atoms with Crippen LogP contribution >= 0.6 is 0 Å². The zero-order valence-electron chi connectivity index (χ0n) is 16.8. The second-order valence-electron chi connectivity index (χ2n) is 8.16. The summed E-state index contributed by atoms with van der Waals surface area (Å²) in [6.07, 6.45) is -0.579. The first-order valence-electron chi connectivity index (χ1n) is 10.3. The van der Waals surface area contributed by atoms with Crippen LogP contribution in [-0.4, -0.2) is 54.9 Å². The number of halogens is 3. The Morgan fingerprint density at radius 2 is 1.80 bits per heavy atom. The minimum atomic E-state index is -4.47. The number of carboxylic acid groups (broad SMARTS) is 1. The maximum absolute atomic E-state index is 13.1. The molecule has 0 spiro atoms. The summed E-state index contributed by atoms with van der Waals surface area (Å²) in [5, 5.41) is 20.4. The molecule has 1 aromatic rings. The van der Waals surface area contributed by atoms with E-state index in [1.54, 1.807) is 0 Å². The summed E-state index contributed by atoms with van der Waals surface area (Å²) in [6, 6.07) is 5.42. The number of hydrogen-bond donors (Lipinski definition) is 2. The van der Waals surface area contributed by atoms with E-state index >= 15 is 0 Å². The molecule has 0 bridgehead atoms. The summed E-state index contributed by atoms with van der Waals surface area (Å²) < 4.78 is 39.3. The minimum Gasteiger partial charge on any atom is -0.465 e. The third-order valence-corrected chi connectivity index (χ3v) is 6.14. The topological polar surface area (TPSA) is 79.6 Å². The molecule has 1 saturated heterocycles. The van der Waals surface area contributed by atoms with Crippen molar-refractivity contribution in [2.75, 3.05) is 37.6 Å². The summed E-state index contributed by atoms with van der Waals surface area (Å²) in [4.78, 5) is 15.0. The first-order chi connectivity index (χ1) is 14.2. The highest BCUT2D eigenvalue weighted by atomic mass is 19.4. The van der Waals surface area contributed by atoms with Crippen LogP contribution < -0.4 is 10.2 Å². The average Bonchev–Trinajstić information content (AvgIpc) is 2.72. The Morgan fingerprint density at radius 3 is 2.37 bits per heavy atom. The molecule has 3 rings (SSSR count). The van der Waals surface area contributed by atoms with Crippen LogP contribution in [0.5, 0.6) is 0 Å². The molecule has 9 heteroatoms. The maximum atomic E-state index is 13.1. The van der Waals surface area contributed by atoms with E-state index in [0.717, 1.165) is 63.9 Å². The van der Waals surface area contributed by atoms with Crippen LogP contribution in [0.25, 0.3) is 0 Å². The van der Waals surface area contributed by atoms with E-state index in [2.05, 4.69) is 10.2 Å². The molecule has 2 fully saturated rings. The van der Waals surface area contributed by atoms with E-state index in [0.29, 0.717) is 24.7 Å². The monoisotopic (exact) mass is 424 g/mol. The molecule has 30 heavy (non-hydrogen) atoms. The SMILES string of the molecule is N#Cc1cc(N2CCN(CCC3CCC(NC(=O)O)CC3)CC2)cc(C(F)(F)F)c1. The number of benzene rings is 1. The molecule has 6 nitrogen and oxygen atoms in total. The van der Waals surface area contributed by atoms with E-state index < -0.39 is 17.8 Å². The van der Waals surface area contributed by atoms with Gasteiger partial charge in [-0.15, -0.1) is 0 Å². The Hall–Kier alpha value is -2.47. The molecular formula is C21H27F3N4O2. The summed E-state index contributed by atoms with van der Waals surface area (Å²) >= 11 is 0. The molecule has 0 aromatic heterocycles. The number of piperazine rings is 1. The molecule has 0 atom stereocenters. The fraction of sp³-hybridized carbons (Fsp3) is 0.619. The average molecular weight is 424 g/mol. The number of nitrogens with zero attached hydrogens (tertiary/aromatic N) is 3. The quantitative estimate of drug-likeness (QED) is 0.749. The van der Waals surface area contributed by atoms with E-state index in [-0.39, 0.29) is 11.6 Å². The number of hydrogen-bond acceptors (Lipinski definition) is 4. The van der Waals surface area contributed by atoms with Crippen molar-refractivity contribution >= 4 is 11.8 Å². The largest absolute Gasteiger partial charge is 0.465 e. The van der Waals surface area contributed by atoms with Crippen molar-refractivity contribution in [1.82, 2.24) is 10.2 Å². The van der Waals surface area contributed by atoms with Gasteiger partial charge < -0.3 is 15.3 Å². The fourth-order valence-corrected chi connectivity index (χ4v) is 4.39. The van der Waals surface area contributed by atoms with E-state index in [9.17, 15) is 18.0 Å².